The van der Waals surface area contributed by atoms with Gasteiger partial charge in [-0.2, -0.15) is 0 Å². The summed E-state index contributed by atoms with van der Waals surface area (Å²) in [6, 6.07) is 13.6. The van der Waals surface area contributed by atoms with Crippen LogP contribution in [0, 0.1) is 5.92 Å². The molecule has 0 saturated carbocycles. The molecule has 0 N–H and O–H groups in total. The maximum Gasteiger partial charge on any atom is 0.233 e. The molecule has 1 atom stereocenters. The van der Waals surface area contributed by atoms with Gasteiger partial charge in [0.15, 0.2) is 0 Å². The van der Waals surface area contributed by atoms with Crippen LogP contribution in [0.1, 0.15) is 17.5 Å². The van der Waals surface area contributed by atoms with Crippen LogP contribution in [-0.4, -0.2) is 26.7 Å². The highest BCUT2D eigenvalue weighted by molar-refractivity contribution is 6.03. The molecule has 5 heteroatoms. The molecule has 1 saturated heterocycles. The molecule has 3 heterocycles. The van der Waals surface area contributed by atoms with Crippen molar-refractivity contribution in [3.05, 3.63) is 72.2 Å². The molecule has 1 aromatic carbocycles. The van der Waals surface area contributed by atoms with Gasteiger partial charge in [0.1, 0.15) is 0 Å². The van der Waals surface area contributed by atoms with Gasteiger partial charge in [0.25, 0.3) is 0 Å². The normalized spacial score (nSPS) is 17.4. The number of nitrogens with zero attached hydrogens (tertiary/aromatic N) is 3. The van der Waals surface area contributed by atoms with E-state index < -0.39 is 0 Å². The van der Waals surface area contributed by atoms with Gasteiger partial charge < -0.3 is 0 Å². The Labute approximate surface area is 145 Å². The number of para-hydroxylation sites is 1. The third-order valence-corrected chi connectivity index (χ3v) is 4.53. The average Bonchev–Trinajstić information content (AvgIpc) is 2.90. The minimum atomic E-state index is -0.313. The number of benzene rings is 1. The van der Waals surface area contributed by atoms with Crippen molar-refractivity contribution in [3.8, 4) is 0 Å². The van der Waals surface area contributed by atoms with Crippen LogP contribution in [0.2, 0.25) is 0 Å². The van der Waals surface area contributed by atoms with E-state index in [1.165, 1.54) is 4.90 Å². The fraction of sp³-hybridized carbons (Fsp3) is 0.200. The molecule has 0 bridgehead atoms. The number of rotatable bonds is 4. The molecule has 1 fully saturated rings. The zero-order chi connectivity index (χ0) is 17.2. The first-order valence-electron chi connectivity index (χ1n) is 8.27. The number of fused-ring (bicyclic) bond motifs is 1. The third-order valence-electron chi connectivity index (χ3n) is 4.53. The van der Waals surface area contributed by atoms with Crippen molar-refractivity contribution in [1.29, 1.82) is 0 Å². The second kappa shape index (κ2) is 6.43. The molecule has 2 amide bonds. The molecule has 0 spiro atoms. The van der Waals surface area contributed by atoms with Gasteiger partial charge in [-0.05, 0) is 35.7 Å². The Balaban J connectivity index is 1.51. The predicted octanol–water partition coefficient (Wildman–Crippen LogP) is 2.75. The Morgan fingerprint density at radius 1 is 1.04 bits per heavy atom. The van der Waals surface area contributed by atoms with Crippen molar-refractivity contribution >= 4 is 22.7 Å². The quantitative estimate of drug-likeness (QED) is 0.690. The summed E-state index contributed by atoms with van der Waals surface area (Å²) in [6.45, 7) is 0.290. The summed E-state index contributed by atoms with van der Waals surface area (Å²) in [4.78, 5) is 34.7. The summed E-state index contributed by atoms with van der Waals surface area (Å²) < 4.78 is 0. The summed E-state index contributed by atoms with van der Waals surface area (Å²) in [7, 11) is 0. The van der Waals surface area contributed by atoms with Crippen molar-refractivity contribution in [3.63, 3.8) is 0 Å². The molecular weight excluding hydrogens is 314 g/mol. The largest absolute Gasteiger partial charge is 0.278 e. The van der Waals surface area contributed by atoms with Crippen LogP contribution in [0.25, 0.3) is 10.9 Å². The molecule has 3 aromatic rings. The maximum atomic E-state index is 12.7. The fourth-order valence-corrected chi connectivity index (χ4v) is 3.26. The number of amides is 2. The Bertz CT molecular complexity index is 940. The number of hydrogen-bond acceptors (Lipinski definition) is 4. The van der Waals surface area contributed by atoms with Gasteiger partial charge in [0.2, 0.25) is 11.8 Å². The topological polar surface area (TPSA) is 63.2 Å². The number of carbonyl (C=O) groups is 2. The Morgan fingerprint density at radius 3 is 2.76 bits per heavy atom. The number of imide groups is 1. The highest BCUT2D eigenvalue weighted by atomic mass is 16.2. The molecule has 1 unspecified atom stereocenters. The van der Waals surface area contributed by atoms with E-state index in [9.17, 15) is 9.59 Å². The van der Waals surface area contributed by atoms with Crippen molar-refractivity contribution in [2.45, 2.75) is 19.4 Å². The minimum absolute atomic E-state index is 0.109. The predicted molar refractivity (Wildman–Crippen MR) is 93.3 cm³/mol. The average molecular weight is 331 g/mol. The van der Waals surface area contributed by atoms with Gasteiger partial charge in [-0.1, -0.05) is 24.3 Å². The molecule has 0 radical (unpaired) electrons. The molecular formula is C20H17N3O2. The van der Waals surface area contributed by atoms with E-state index >= 15 is 0 Å². The zero-order valence-electron chi connectivity index (χ0n) is 13.6. The lowest BCUT2D eigenvalue weighted by molar-refractivity contribution is -0.140. The Kier molecular flexibility index (Phi) is 3.98. The Hall–Kier alpha value is -3.08. The second-order valence-electron chi connectivity index (χ2n) is 6.32. The third kappa shape index (κ3) is 3.13. The summed E-state index contributed by atoms with van der Waals surface area (Å²) in [5, 5.41) is 1.05. The molecule has 25 heavy (non-hydrogen) atoms. The summed E-state index contributed by atoms with van der Waals surface area (Å²) in [6.07, 6.45) is 5.94. The van der Waals surface area contributed by atoms with Gasteiger partial charge in [-0.25, -0.2) is 0 Å². The van der Waals surface area contributed by atoms with Gasteiger partial charge >= 0.3 is 0 Å². The van der Waals surface area contributed by atoms with Gasteiger partial charge in [-0.3, -0.25) is 24.5 Å². The van der Waals surface area contributed by atoms with Crippen LogP contribution >= 0.6 is 0 Å². The molecule has 1 aliphatic rings. The zero-order valence-corrected chi connectivity index (χ0v) is 13.6. The summed E-state index contributed by atoms with van der Waals surface area (Å²) in [5.41, 5.74) is 2.77. The van der Waals surface area contributed by atoms with E-state index in [1.54, 1.807) is 24.7 Å². The maximum absolute atomic E-state index is 12.7. The van der Waals surface area contributed by atoms with E-state index in [-0.39, 0.29) is 30.7 Å². The standard InChI is InChI=1S/C20H17N3O2/c24-19-10-17(20(25)23(19)13-14-4-3-7-21-11-14)9-15-8-16-5-1-2-6-18(16)22-12-15/h1-8,11-12,17H,9-10,13H2. The summed E-state index contributed by atoms with van der Waals surface area (Å²) >= 11 is 0. The SMILES string of the molecule is O=C1CC(Cc2cnc3ccccc3c2)C(=O)N1Cc1cccnc1. The van der Waals surface area contributed by atoms with Crippen molar-refractivity contribution in [1.82, 2.24) is 14.9 Å². The lowest BCUT2D eigenvalue weighted by Gasteiger charge is -2.15. The summed E-state index contributed by atoms with van der Waals surface area (Å²) in [5.74, 6) is -0.540. The smallest absolute Gasteiger partial charge is 0.233 e. The Morgan fingerprint density at radius 2 is 1.92 bits per heavy atom. The lowest BCUT2D eigenvalue weighted by Crippen LogP contribution is -2.30. The highest BCUT2D eigenvalue weighted by Crippen LogP contribution is 2.26. The molecule has 1 aliphatic heterocycles. The van der Waals surface area contributed by atoms with Crippen LogP contribution in [0.4, 0.5) is 0 Å². The molecule has 124 valence electrons. The van der Waals surface area contributed by atoms with E-state index in [0.717, 1.165) is 22.0 Å². The fourth-order valence-electron chi connectivity index (χ4n) is 3.26. The molecule has 2 aromatic heterocycles. The van der Waals surface area contributed by atoms with Crippen molar-refractivity contribution < 1.29 is 9.59 Å². The van der Waals surface area contributed by atoms with Crippen LogP contribution in [0.3, 0.4) is 0 Å². The minimum Gasteiger partial charge on any atom is -0.278 e. The van der Waals surface area contributed by atoms with Crippen LogP contribution in [0.5, 0.6) is 0 Å². The van der Waals surface area contributed by atoms with Crippen molar-refractivity contribution in [2.75, 3.05) is 0 Å². The first-order chi connectivity index (χ1) is 12.2. The number of likely N-dealkylation sites (tertiary alicyclic amines) is 1. The van der Waals surface area contributed by atoms with E-state index in [2.05, 4.69) is 9.97 Å². The van der Waals surface area contributed by atoms with Crippen LogP contribution in [0.15, 0.2) is 61.1 Å². The van der Waals surface area contributed by atoms with Crippen molar-refractivity contribution in [2.24, 2.45) is 5.92 Å². The van der Waals surface area contributed by atoms with E-state index in [0.29, 0.717) is 6.42 Å². The van der Waals surface area contributed by atoms with E-state index in [1.807, 2.05) is 36.4 Å². The van der Waals surface area contributed by atoms with Crippen LogP contribution < -0.4 is 0 Å². The number of hydrogen-bond donors (Lipinski definition) is 0. The van der Waals surface area contributed by atoms with Gasteiger partial charge in [-0.15, -0.1) is 0 Å². The number of pyridine rings is 2. The first kappa shape index (κ1) is 15.4. The molecule has 4 rings (SSSR count). The highest BCUT2D eigenvalue weighted by Gasteiger charge is 2.38. The first-order valence-corrected chi connectivity index (χ1v) is 8.27. The molecule has 0 aliphatic carbocycles. The number of carbonyl (C=O) groups excluding carboxylic acids is 2. The lowest BCUT2D eigenvalue weighted by atomic mass is 9.98. The number of aromatic nitrogens is 2. The van der Waals surface area contributed by atoms with Gasteiger partial charge in [0.05, 0.1) is 18.0 Å². The van der Waals surface area contributed by atoms with Crippen LogP contribution in [-0.2, 0) is 22.6 Å². The second-order valence-corrected chi connectivity index (χ2v) is 6.32. The monoisotopic (exact) mass is 331 g/mol. The van der Waals surface area contributed by atoms with E-state index in [4.69, 9.17) is 0 Å². The van der Waals surface area contributed by atoms with Gasteiger partial charge in [0, 0.05) is 30.4 Å². The molecule has 5 nitrogen and oxygen atoms in total.